The molecule has 0 aromatic heterocycles. The van der Waals surface area contributed by atoms with Gasteiger partial charge in [0.1, 0.15) is 5.75 Å². The number of nitrogens with one attached hydrogen (secondary N) is 1. The van der Waals surface area contributed by atoms with Gasteiger partial charge in [-0.2, -0.15) is 0 Å². The molecule has 2 rings (SSSR count). The maximum atomic E-state index is 12.2. The lowest BCUT2D eigenvalue weighted by atomic mass is 10.00. The van der Waals surface area contributed by atoms with Crippen molar-refractivity contribution < 1.29 is 9.90 Å². The Labute approximate surface area is 118 Å². The molecule has 2 atom stereocenters. The summed E-state index contributed by atoms with van der Waals surface area (Å²) < 4.78 is 0. The van der Waals surface area contributed by atoms with Gasteiger partial charge in [-0.25, -0.2) is 5.01 Å². The zero-order valence-electron chi connectivity index (χ0n) is 11.2. The molecule has 19 heavy (non-hydrogen) atoms. The lowest BCUT2D eigenvalue weighted by molar-refractivity contribution is 0.0368. The van der Waals surface area contributed by atoms with Crippen molar-refractivity contribution in [1.82, 2.24) is 10.4 Å². The minimum atomic E-state index is -0.297. The highest BCUT2D eigenvalue weighted by Gasteiger charge is 2.27. The van der Waals surface area contributed by atoms with Gasteiger partial charge in [-0.1, -0.05) is 18.0 Å². The van der Waals surface area contributed by atoms with Gasteiger partial charge in [0, 0.05) is 17.1 Å². The standard InChI is InChI=1S/C14H19ClN2O2/c1-9-4-3-5-10(2)17(9)16-14(19)12-7-6-11(15)8-13(12)18/h6-10,18H,3-5H2,1-2H3,(H,16,19). The topological polar surface area (TPSA) is 52.6 Å². The Kier molecular flexibility index (Phi) is 4.32. The van der Waals surface area contributed by atoms with Crippen LogP contribution < -0.4 is 5.43 Å². The summed E-state index contributed by atoms with van der Waals surface area (Å²) in [5, 5.41) is 12.1. The minimum Gasteiger partial charge on any atom is -0.507 e. The summed E-state index contributed by atoms with van der Waals surface area (Å²) in [7, 11) is 0. The number of amides is 1. The molecule has 1 aromatic carbocycles. The van der Waals surface area contributed by atoms with E-state index in [-0.39, 0.29) is 17.2 Å². The largest absolute Gasteiger partial charge is 0.507 e. The number of benzene rings is 1. The van der Waals surface area contributed by atoms with Gasteiger partial charge < -0.3 is 5.11 Å². The molecular weight excluding hydrogens is 264 g/mol. The van der Waals surface area contributed by atoms with Crippen molar-refractivity contribution >= 4 is 17.5 Å². The van der Waals surface area contributed by atoms with E-state index < -0.39 is 0 Å². The first kappa shape index (κ1) is 14.2. The number of carbonyl (C=O) groups excluding carboxylic acids is 1. The normalized spacial score (nSPS) is 24.2. The van der Waals surface area contributed by atoms with E-state index in [9.17, 15) is 9.90 Å². The van der Waals surface area contributed by atoms with Crippen molar-refractivity contribution in [2.75, 3.05) is 0 Å². The fourth-order valence-corrected chi connectivity index (χ4v) is 2.68. The van der Waals surface area contributed by atoms with E-state index in [1.807, 2.05) is 5.01 Å². The Morgan fingerprint density at radius 1 is 1.37 bits per heavy atom. The SMILES string of the molecule is CC1CCCC(C)N1NC(=O)c1ccc(Cl)cc1O. The molecule has 1 amide bonds. The average molecular weight is 283 g/mol. The molecule has 1 heterocycles. The number of piperidine rings is 1. The Bertz CT molecular complexity index is 469. The predicted molar refractivity (Wildman–Crippen MR) is 75.2 cm³/mol. The first-order valence-electron chi connectivity index (χ1n) is 6.57. The number of rotatable bonds is 2. The van der Waals surface area contributed by atoms with Crippen LogP contribution in [-0.4, -0.2) is 28.1 Å². The molecule has 1 aliphatic rings. The summed E-state index contributed by atoms with van der Waals surface area (Å²) in [5.41, 5.74) is 3.13. The molecule has 5 heteroatoms. The second-order valence-corrected chi connectivity index (χ2v) is 5.58. The van der Waals surface area contributed by atoms with Crippen LogP contribution in [0, 0.1) is 0 Å². The molecule has 1 aliphatic heterocycles. The number of hydrazine groups is 1. The van der Waals surface area contributed by atoms with E-state index >= 15 is 0 Å². The molecular formula is C14H19ClN2O2. The first-order valence-corrected chi connectivity index (χ1v) is 6.94. The molecule has 104 valence electrons. The van der Waals surface area contributed by atoms with Crippen LogP contribution in [0.15, 0.2) is 18.2 Å². The monoisotopic (exact) mass is 282 g/mol. The highest BCUT2D eigenvalue weighted by atomic mass is 35.5. The fraction of sp³-hybridized carbons (Fsp3) is 0.500. The number of phenols is 1. The lowest BCUT2D eigenvalue weighted by Crippen LogP contribution is -2.54. The number of halogens is 1. The van der Waals surface area contributed by atoms with E-state index in [1.54, 1.807) is 6.07 Å². The van der Waals surface area contributed by atoms with E-state index in [4.69, 9.17) is 11.6 Å². The highest BCUT2D eigenvalue weighted by molar-refractivity contribution is 6.30. The molecule has 1 aromatic rings. The second kappa shape index (κ2) is 5.80. The van der Waals surface area contributed by atoms with Crippen LogP contribution in [0.4, 0.5) is 0 Å². The highest BCUT2D eigenvalue weighted by Crippen LogP contribution is 2.24. The summed E-state index contributed by atoms with van der Waals surface area (Å²) in [4.78, 5) is 12.2. The third kappa shape index (κ3) is 3.19. The number of phenolic OH excluding ortho intramolecular Hbond substituents is 1. The molecule has 0 saturated carbocycles. The van der Waals surface area contributed by atoms with Gasteiger partial charge in [0.15, 0.2) is 0 Å². The molecule has 1 fully saturated rings. The quantitative estimate of drug-likeness (QED) is 0.877. The van der Waals surface area contributed by atoms with Crippen LogP contribution in [0.25, 0.3) is 0 Å². The maximum absolute atomic E-state index is 12.2. The van der Waals surface area contributed by atoms with Crippen LogP contribution in [0.1, 0.15) is 43.5 Å². The second-order valence-electron chi connectivity index (χ2n) is 5.14. The van der Waals surface area contributed by atoms with Crippen molar-refractivity contribution in [1.29, 1.82) is 0 Å². The van der Waals surface area contributed by atoms with Gasteiger partial charge in [0.25, 0.3) is 5.91 Å². The zero-order valence-corrected chi connectivity index (χ0v) is 11.9. The molecule has 2 unspecified atom stereocenters. The Morgan fingerprint density at radius 2 is 2.00 bits per heavy atom. The average Bonchev–Trinajstić information content (AvgIpc) is 2.33. The first-order chi connectivity index (χ1) is 8.99. The maximum Gasteiger partial charge on any atom is 0.269 e. The fourth-order valence-electron chi connectivity index (χ4n) is 2.52. The molecule has 0 aliphatic carbocycles. The van der Waals surface area contributed by atoms with Crippen molar-refractivity contribution in [3.63, 3.8) is 0 Å². The summed E-state index contributed by atoms with van der Waals surface area (Å²) in [6.07, 6.45) is 3.31. The van der Waals surface area contributed by atoms with Crippen LogP contribution in [0.5, 0.6) is 5.75 Å². The number of hydrogen-bond acceptors (Lipinski definition) is 3. The Balaban J connectivity index is 2.11. The Hall–Kier alpha value is -1.26. The smallest absolute Gasteiger partial charge is 0.269 e. The van der Waals surface area contributed by atoms with Gasteiger partial charge >= 0.3 is 0 Å². The number of aromatic hydroxyl groups is 1. The molecule has 0 bridgehead atoms. The Morgan fingerprint density at radius 3 is 2.58 bits per heavy atom. The minimum absolute atomic E-state index is 0.0951. The molecule has 2 N–H and O–H groups in total. The van der Waals surface area contributed by atoms with Crippen molar-refractivity contribution in [3.8, 4) is 5.75 Å². The van der Waals surface area contributed by atoms with Gasteiger partial charge in [-0.15, -0.1) is 0 Å². The summed E-state index contributed by atoms with van der Waals surface area (Å²) in [5.74, 6) is -0.392. The van der Waals surface area contributed by atoms with Gasteiger partial charge in [0.2, 0.25) is 0 Å². The van der Waals surface area contributed by atoms with Crippen LogP contribution in [-0.2, 0) is 0 Å². The lowest BCUT2D eigenvalue weighted by Gasteiger charge is -2.38. The number of carbonyl (C=O) groups is 1. The van der Waals surface area contributed by atoms with E-state index in [2.05, 4.69) is 19.3 Å². The van der Waals surface area contributed by atoms with Crippen molar-refractivity contribution in [3.05, 3.63) is 28.8 Å². The van der Waals surface area contributed by atoms with Gasteiger partial charge in [-0.05, 0) is 44.9 Å². The van der Waals surface area contributed by atoms with Crippen LogP contribution in [0.3, 0.4) is 0 Å². The van der Waals surface area contributed by atoms with Gasteiger partial charge in [-0.3, -0.25) is 10.2 Å². The molecule has 0 radical (unpaired) electrons. The zero-order chi connectivity index (χ0) is 14.0. The van der Waals surface area contributed by atoms with Crippen LogP contribution in [0.2, 0.25) is 5.02 Å². The van der Waals surface area contributed by atoms with E-state index in [0.29, 0.717) is 17.1 Å². The van der Waals surface area contributed by atoms with Gasteiger partial charge in [0.05, 0.1) is 5.56 Å². The third-order valence-electron chi connectivity index (χ3n) is 3.63. The van der Waals surface area contributed by atoms with Crippen molar-refractivity contribution in [2.45, 2.75) is 45.2 Å². The third-order valence-corrected chi connectivity index (χ3v) is 3.86. The summed E-state index contributed by atoms with van der Waals surface area (Å²) >= 11 is 5.76. The molecule has 0 spiro atoms. The van der Waals surface area contributed by atoms with E-state index in [0.717, 1.165) is 12.8 Å². The summed E-state index contributed by atoms with van der Waals surface area (Å²) in [6, 6.07) is 5.12. The molecule has 1 saturated heterocycles. The number of nitrogens with zero attached hydrogens (tertiary/aromatic N) is 1. The molecule has 4 nitrogen and oxygen atoms in total. The van der Waals surface area contributed by atoms with Crippen molar-refractivity contribution in [2.24, 2.45) is 0 Å². The number of hydrogen-bond donors (Lipinski definition) is 2. The predicted octanol–water partition coefficient (Wildman–Crippen LogP) is 2.95. The summed E-state index contributed by atoms with van der Waals surface area (Å²) in [6.45, 7) is 4.19. The van der Waals surface area contributed by atoms with E-state index in [1.165, 1.54) is 18.6 Å². The van der Waals surface area contributed by atoms with Crippen LogP contribution >= 0.6 is 11.6 Å².